The van der Waals surface area contributed by atoms with Crippen molar-refractivity contribution in [3.63, 3.8) is 0 Å². The summed E-state index contributed by atoms with van der Waals surface area (Å²) in [6, 6.07) is 12.3. The number of aliphatic imine (C=N–C) groups is 1. The van der Waals surface area contributed by atoms with Crippen LogP contribution in [0.4, 0.5) is 0 Å². The quantitative estimate of drug-likeness (QED) is 0.551. The molecule has 2 aromatic carbocycles. The van der Waals surface area contributed by atoms with Gasteiger partial charge < -0.3 is 24.8 Å². The van der Waals surface area contributed by atoms with E-state index in [1.54, 1.807) is 28.4 Å². The van der Waals surface area contributed by atoms with Crippen LogP contribution in [0, 0.1) is 0 Å². The van der Waals surface area contributed by atoms with Crippen molar-refractivity contribution < 1.29 is 14.2 Å². The van der Waals surface area contributed by atoms with E-state index in [1.165, 1.54) is 11.1 Å². The van der Waals surface area contributed by atoms with Gasteiger partial charge in [0.05, 0.1) is 21.3 Å². The van der Waals surface area contributed by atoms with Gasteiger partial charge in [-0.25, -0.2) is 0 Å². The van der Waals surface area contributed by atoms with Crippen molar-refractivity contribution in [1.82, 2.24) is 10.6 Å². The molecule has 0 aliphatic heterocycles. The third-order valence-corrected chi connectivity index (χ3v) is 4.35. The predicted molar refractivity (Wildman–Crippen MR) is 109 cm³/mol. The van der Waals surface area contributed by atoms with Crippen molar-refractivity contribution in [1.29, 1.82) is 0 Å². The van der Waals surface area contributed by atoms with E-state index in [4.69, 9.17) is 14.2 Å². The summed E-state index contributed by atoms with van der Waals surface area (Å²) in [4.78, 5) is 4.30. The third kappa shape index (κ3) is 5.29. The lowest BCUT2D eigenvalue weighted by Crippen LogP contribution is -2.36. The molecule has 6 heteroatoms. The Hall–Kier alpha value is -2.89. The van der Waals surface area contributed by atoms with Gasteiger partial charge in [-0.1, -0.05) is 31.2 Å². The molecule has 0 spiro atoms. The standard InChI is InChI=1S/C21H29N3O3/c1-6-16-9-7-8-10-17(16)14-24-21(22-2)23-13-15-11-18(25-3)20(27-5)19(12-15)26-4/h7-12H,6,13-14H2,1-5H3,(H2,22,23,24). The topological polar surface area (TPSA) is 64.1 Å². The van der Waals surface area contributed by atoms with Crippen LogP contribution >= 0.6 is 0 Å². The van der Waals surface area contributed by atoms with Crippen LogP contribution in [0.5, 0.6) is 17.2 Å². The van der Waals surface area contributed by atoms with Crippen LogP contribution in [0.25, 0.3) is 0 Å². The maximum atomic E-state index is 5.40. The molecule has 2 aromatic rings. The van der Waals surface area contributed by atoms with Gasteiger partial charge in [-0.05, 0) is 35.2 Å². The number of aryl methyl sites for hydroxylation is 1. The lowest BCUT2D eigenvalue weighted by atomic mass is 10.1. The number of nitrogens with zero attached hydrogens (tertiary/aromatic N) is 1. The monoisotopic (exact) mass is 371 g/mol. The summed E-state index contributed by atoms with van der Waals surface area (Å²) in [5, 5.41) is 6.68. The number of nitrogens with one attached hydrogen (secondary N) is 2. The Morgan fingerprint density at radius 2 is 1.48 bits per heavy atom. The Bertz CT molecular complexity index is 750. The molecule has 0 aliphatic carbocycles. The number of rotatable bonds is 8. The van der Waals surface area contributed by atoms with E-state index < -0.39 is 0 Å². The number of benzene rings is 2. The molecule has 146 valence electrons. The van der Waals surface area contributed by atoms with Crippen molar-refractivity contribution in [2.24, 2.45) is 4.99 Å². The van der Waals surface area contributed by atoms with Gasteiger partial charge in [0.2, 0.25) is 5.75 Å². The number of methoxy groups -OCH3 is 3. The molecule has 0 radical (unpaired) electrons. The first kappa shape index (κ1) is 20.4. The Kier molecular flexibility index (Phi) is 7.79. The lowest BCUT2D eigenvalue weighted by molar-refractivity contribution is 0.323. The second kappa shape index (κ2) is 10.3. The van der Waals surface area contributed by atoms with Crippen LogP contribution in [0.1, 0.15) is 23.6 Å². The van der Waals surface area contributed by atoms with Crippen LogP contribution < -0.4 is 24.8 Å². The molecule has 0 fully saturated rings. The predicted octanol–water partition coefficient (Wildman–Crippen LogP) is 3.14. The Morgan fingerprint density at radius 1 is 0.889 bits per heavy atom. The molecule has 2 N–H and O–H groups in total. The molecule has 2 rings (SSSR count). The first-order valence-electron chi connectivity index (χ1n) is 8.96. The number of guanidine groups is 1. The first-order chi connectivity index (χ1) is 13.2. The summed E-state index contributed by atoms with van der Waals surface area (Å²) >= 11 is 0. The van der Waals surface area contributed by atoms with Crippen molar-refractivity contribution in [2.45, 2.75) is 26.4 Å². The first-order valence-corrected chi connectivity index (χ1v) is 8.96. The van der Waals surface area contributed by atoms with Crippen molar-refractivity contribution in [3.8, 4) is 17.2 Å². The Labute approximate surface area is 161 Å². The summed E-state index contributed by atoms with van der Waals surface area (Å²) in [6.07, 6.45) is 1.01. The largest absolute Gasteiger partial charge is 0.493 e. The smallest absolute Gasteiger partial charge is 0.203 e. The van der Waals surface area contributed by atoms with Gasteiger partial charge in [-0.15, -0.1) is 0 Å². The highest BCUT2D eigenvalue weighted by atomic mass is 16.5. The Balaban J connectivity index is 2.03. The van der Waals surface area contributed by atoms with Crippen LogP contribution in [-0.2, 0) is 19.5 Å². The lowest BCUT2D eigenvalue weighted by Gasteiger charge is -2.16. The maximum Gasteiger partial charge on any atom is 0.203 e. The van der Waals surface area contributed by atoms with E-state index in [0.717, 1.165) is 24.5 Å². The maximum absolute atomic E-state index is 5.40. The average Bonchev–Trinajstić information content (AvgIpc) is 2.73. The normalized spacial score (nSPS) is 11.1. The molecule has 0 saturated heterocycles. The molecule has 6 nitrogen and oxygen atoms in total. The van der Waals surface area contributed by atoms with Crippen LogP contribution in [0.15, 0.2) is 41.4 Å². The highest BCUT2D eigenvalue weighted by Crippen LogP contribution is 2.38. The molecular formula is C21H29N3O3. The van der Waals surface area contributed by atoms with E-state index in [-0.39, 0.29) is 0 Å². The molecule has 0 saturated carbocycles. The highest BCUT2D eigenvalue weighted by molar-refractivity contribution is 5.79. The average molecular weight is 371 g/mol. The zero-order valence-corrected chi connectivity index (χ0v) is 16.8. The van der Waals surface area contributed by atoms with Crippen LogP contribution in [0.3, 0.4) is 0 Å². The summed E-state index contributed by atoms with van der Waals surface area (Å²) in [5.41, 5.74) is 3.61. The van der Waals surface area contributed by atoms with Crippen molar-refractivity contribution >= 4 is 5.96 Å². The van der Waals surface area contributed by atoms with Gasteiger partial charge in [0.1, 0.15) is 0 Å². The minimum atomic E-state index is 0.575. The molecule has 0 aliphatic rings. The fourth-order valence-corrected chi connectivity index (χ4v) is 2.90. The second-order valence-electron chi connectivity index (χ2n) is 5.94. The van der Waals surface area contributed by atoms with Crippen LogP contribution in [0.2, 0.25) is 0 Å². The minimum Gasteiger partial charge on any atom is -0.493 e. The molecule has 0 bridgehead atoms. The molecule has 27 heavy (non-hydrogen) atoms. The van der Waals surface area contributed by atoms with Crippen molar-refractivity contribution in [2.75, 3.05) is 28.4 Å². The van der Waals surface area contributed by atoms with E-state index in [2.05, 4.69) is 46.8 Å². The van der Waals surface area contributed by atoms with Gasteiger partial charge in [0.15, 0.2) is 17.5 Å². The summed E-state index contributed by atoms with van der Waals surface area (Å²) in [5.74, 6) is 2.58. The molecule has 0 unspecified atom stereocenters. The number of hydrogen-bond acceptors (Lipinski definition) is 4. The fraction of sp³-hybridized carbons (Fsp3) is 0.381. The number of ether oxygens (including phenoxy) is 3. The minimum absolute atomic E-state index is 0.575. The molecule has 0 amide bonds. The van der Waals surface area contributed by atoms with Crippen molar-refractivity contribution in [3.05, 3.63) is 53.1 Å². The SMILES string of the molecule is CCc1ccccc1CNC(=NC)NCc1cc(OC)c(OC)c(OC)c1. The van der Waals surface area contributed by atoms with Gasteiger partial charge in [-0.2, -0.15) is 0 Å². The summed E-state index contributed by atoms with van der Waals surface area (Å²) in [7, 11) is 6.58. The summed E-state index contributed by atoms with van der Waals surface area (Å²) in [6.45, 7) is 3.46. The highest BCUT2D eigenvalue weighted by Gasteiger charge is 2.13. The van der Waals surface area contributed by atoms with E-state index in [9.17, 15) is 0 Å². The fourth-order valence-electron chi connectivity index (χ4n) is 2.90. The third-order valence-electron chi connectivity index (χ3n) is 4.35. The summed E-state index contributed by atoms with van der Waals surface area (Å²) < 4.78 is 16.2. The molecular weight excluding hydrogens is 342 g/mol. The van der Waals surface area contributed by atoms with Gasteiger partial charge in [0, 0.05) is 20.1 Å². The van der Waals surface area contributed by atoms with E-state index >= 15 is 0 Å². The second-order valence-corrected chi connectivity index (χ2v) is 5.94. The van der Waals surface area contributed by atoms with Gasteiger partial charge in [0.25, 0.3) is 0 Å². The zero-order chi connectivity index (χ0) is 19.6. The number of hydrogen-bond donors (Lipinski definition) is 2. The van der Waals surface area contributed by atoms with Crippen LogP contribution in [-0.4, -0.2) is 34.3 Å². The zero-order valence-electron chi connectivity index (χ0n) is 16.8. The van der Waals surface area contributed by atoms with Gasteiger partial charge >= 0.3 is 0 Å². The molecule has 0 aromatic heterocycles. The van der Waals surface area contributed by atoms with E-state index in [1.807, 2.05) is 12.1 Å². The molecule has 0 heterocycles. The van der Waals surface area contributed by atoms with E-state index in [0.29, 0.717) is 23.8 Å². The Morgan fingerprint density at radius 3 is 2.00 bits per heavy atom. The molecule has 0 atom stereocenters. The van der Waals surface area contributed by atoms with Gasteiger partial charge in [-0.3, -0.25) is 4.99 Å².